The monoisotopic (exact) mass is 188 g/mol. The first-order valence-corrected chi connectivity index (χ1v) is 5.66. The Hall–Kier alpha value is 0.0300. The second kappa shape index (κ2) is 11.0. The molecule has 1 heteroatoms. The molecule has 0 bridgehead atoms. The SMILES string of the molecule is CCCCCCCC=CCCCl. The number of hydrogen-bond acceptors (Lipinski definition) is 0. The highest BCUT2D eigenvalue weighted by molar-refractivity contribution is 6.17. The van der Waals surface area contributed by atoms with Gasteiger partial charge in [0.05, 0.1) is 0 Å². The first-order valence-electron chi connectivity index (χ1n) is 5.12. The van der Waals surface area contributed by atoms with E-state index >= 15 is 0 Å². The molecule has 0 aliphatic rings. The van der Waals surface area contributed by atoms with Crippen molar-refractivity contribution in [1.82, 2.24) is 0 Å². The maximum atomic E-state index is 5.53. The van der Waals surface area contributed by atoms with E-state index in [1.165, 1.54) is 38.5 Å². The summed E-state index contributed by atoms with van der Waals surface area (Å²) in [5.74, 6) is 0.756. The summed E-state index contributed by atoms with van der Waals surface area (Å²) in [5, 5.41) is 0. The van der Waals surface area contributed by atoms with Gasteiger partial charge in [0, 0.05) is 5.88 Å². The van der Waals surface area contributed by atoms with Gasteiger partial charge in [-0.15, -0.1) is 11.6 Å². The third-order valence-corrected chi connectivity index (χ3v) is 2.14. The number of hydrogen-bond donors (Lipinski definition) is 0. The van der Waals surface area contributed by atoms with Gasteiger partial charge in [-0.2, -0.15) is 0 Å². The van der Waals surface area contributed by atoms with Crippen LogP contribution >= 0.6 is 11.6 Å². The molecule has 0 aromatic heterocycles. The van der Waals surface area contributed by atoms with Crippen molar-refractivity contribution in [2.45, 2.75) is 51.9 Å². The minimum Gasteiger partial charge on any atom is -0.126 e. The molecule has 0 rings (SSSR count). The van der Waals surface area contributed by atoms with Crippen molar-refractivity contribution >= 4 is 11.6 Å². The molecule has 0 amide bonds. The lowest BCUT2D eigenvalue weighted by Crippen LogP contribution is -1.76. The van der Waals surface area contributed by atoms with Crippen LogP contribution in [0, 0.1) is 0 Å². The number of allylic oxidation sites excluding steroid dienone is 2. The molecule has 0 unspecified atom stereocenters. The molecular formula is C11H21Cl. The average molecular weight is 189 g/mol. The van der Waals surface area contributed by atoms with E-state index in [0.717, 1.165) is 12.3 Å². The third-order valence-electron chi connectivity index (χ3n) is 1.92. The fraction of sp³-hybridized carbons (Fsp3) is 0.818. The molecule has 0 aliphatic heterocycles. The van der Waals surface area contributed by atoms with Gasteiger partial charge >= 0.3 is 0 Å². The lowest BCUT2D eigenvalue weighted by molar-refractivity contribution is 0.637. The Balaban J connectivity index is 2.90. The van der Waals surface area contributed by atoms with E-state index in [1.54, 1.807) is 0 Å². The van der Waals surface area contributed by atoms with E-state index in [-0.39, 0.29) is 0 Å². The molecule has 0 aliphatic carbocycles. The summed E-state index contributed by atoms with van der Waals surface area (Å²) in [6.45, 7) is 2.25. The summed E-state index contributed by atoms with van der Waals surface area (Å²) < 4.78 is 0. The van der Waals surface area contributed by atoms with Gasteiger partial charge in [-0.05, 0) is 19.3 Å². The topological polar surface area (TPSA) is 0 Å². The van der Waals surface area contributed by atoms with E-state index < -0.39 is 0 Å². The predicted octanol–water partition coefficient (Wildman–Crippen LogP) is 4.53. The summed E-state index contributed by atoms with van der Waals surface area (Å²) in [6.07, 6.45) is 13.6. The fourth-order valence-corrected chi connectivity index (χ4v) is 1.29. The Bertz CT molecular complexity index is 97.2. The minimum atomic E-state index is 0.756. The molecule has 0 nitrogen and oxygen atoms in total. The van der Waals surface area contributed by atoms with Crippen LogP contribution in [0.4, 0.5) is 0 Å². The van der Waals surface area contributed by atoms with E-state index in [2.05, 4.69) is 19.1 Å². The Labute approximate surface area is 82.0 Å². The van der Waals surface area contributed by atoms with E-state index in [9.17, 15) is 0 Å². The number of halogens is 1. The summed E-state index contributed by atoms with van der Waals surface area (Å²) in [6, 6.07) is 0. The van der Waals surface area contributed by atoms with Crippen LogP contribution in [0.2, 0.25) is 0 Å². The molecule has 0 aromatic rings. The van der Waals surface area contributed by atoms with Gasteiger partial charge in [0.1, 0.15) is 0 Å². The molecule has 72 valence electrons. The molecule has 0 atom stereocenters. The summed E-state index contributed by atoms with van der Waals surface area (Å²) in [5.41, 5.74) is 0. The molecule has 0 N–H and O–H groups in total. The summed E-state index contributed by atoms with van der Waals surface area (Å²) >= 11 is 5.53. The Morgan fingerprint density at radius 3 is 2.25 bits per heavy atom. The van der Waals surface area contributed by atoms with Gasteiger partial charge in [-0.3, -0.25) is 0 Å². The third kappa shape index (κ3) is 10.0. The van der Waals surface area contributed by atoms with Crippen molar-refractivity contribution in [3.63, 3.8) is 0 Å². The Kier molecular flexibility index (Phi) is 11.1. The van der Waals surface area contributed by atoms with Crippen molar-refractivity contribution in [2.75, 3.05) is 5.88 Å². The van der Waals surface area contributed by atoms with Gasteiger partial charge in [-0.25, -0.2) is 0 Å². The predicted molar refractivity (Wildman–Crippen MR) is 57.9 cm³/mol. The lowest BCUT2D eigenvalue weighted by atomic mass is 10.1. The average Bonchev–Trinajstić information content (AvgIpc) is 2.10. The zero-order valence-electron chi connectivity index (χ0n) is 8.19. The van der Waals surface area contributed by atoms with E-state index in [1.807, 2.05) is 0 Å². The van der Waals surface area contributed by atoms with Gasteiger partial charge in [0.25, 0.3) is 0 Å². The highest BCUT2D eigenvalue weighted by Gasteiger charge is 1.85. The first-order chi connectivity index (χ1) is 5.91. The zero-order chi connectivity index (χ0) is 9.07. The van der Waals surface area contributed by atoms with Gasteiger partial charge in [-0.1, -0.05) is 44.8 Å². The second-order valence-electron chi connectivity index (χ2n) is 3.15. The Morgan fingerprint density at radius 2 is 1.58 bits per heavy atom. The molecule has 0 spiro atoms. The minimum absolute atomic E-state index is 0.756. The maximum Gasteiger partial charge on any atom is 0.0257 e. The molecule has 0 aromatic carbocycles. The van der Waals surface area contributed by atoms with Crippen molar-refractivity contribution < 1.29 is 0 Å². The molecule has 0 saturated carbocycles. The van der Waals surface area contributed by atoms with Crippen LogP contribution in [0.5, 0.6) is 0 Å². The normalized spacial score (nSPS) is 11.2. The summed E-state index contributed by atoms with van der Waals surface area (Å²) in [4.78, 5) is 0. The van der Waals surface area contributed by atoms with E-state index in [4.69, 9.17) is 11.6 Å². The zero-order valence-corrected chi connectivity index (χ0v) is 8.95. The van der Waals surface area contributed by atoms with Gasteiger partial charge < -0.3 is 0 Å². The van der Waals surface area contributed by atoms with Crippen molar-refractivity contribution in [1.29, 1.82) is 0 Å². The van der Waals surface area contributed by atoms with Crippen LogP contribution in [0.15, 0.2) is 12.2 Å². The van der Waals surface area contributed by atoms with Crippen molar-refractivity contribution in [3.05, 3.63) is 12.2 Å². The molecule has 0 fully saturated rings. The molecule has 0 heterocycles. The van der Waals surface area contributed by atoms with Gasteiger partial charge in [0.15, 0.2) is 0 Å². The molecule has 0 radical (unpaired) electrons. The van der Waals surface area contributed by atoms with Crippen LogP contribution in [-0.2, 0) is 0 Å². The van der Waals surface area contributed by atoms with Crippen LogP contribution in [-0.4, -0.2) is 5.88 Å². The van der Waals surface area contributed by atoms with Gasteiger partial charge in [0.2, 0.25) is 0 Å². The smallest absolute Gasteiger partial charge is 0.0257 e. The van der Waals surface area contributed by atoms with Crippen molar-refractivity contribution in [2.24, 2.45) is 0 Å². The quantitative estimate of drug-likeness (QED) is 0.298. The second-order valence-corrected chi connectivity index (χ2v) is 3.53. The Morgan fingerprint density at radius 1 is 0.917 bits per heavy atom. The van der Waals surface area contributed by atoms with Crippen molar-refractivity contribution in [3.8, 4) is 0 Å². The summed E-state index contributed by atoms with van der Waals surface area (Å²) in [7, 11) is 0. The maximum absolute atomic E-state index is 5.53. The van der Waals surface area contributed by atoms with Crippen LogP contribution in [0.3, 0.4) is 0 Å². The standard InChI is InChI=1S/C11H21Cl/c1-2-3-4-5-6-7-8-9-10-11-12/h8-9H,2-7,10-11H2,1H3. The molecular weight excluding hydrogens is 168 g/mol. The largest absolute Gasteiger partial charge is 0.126 e. The van der Waals surface area contributed by atoms with Crippen LogP contribution in [0.25, 0.3) is 0 Å². The molecule has 12 heavy (non-hydrogen) atoms. The number of unbranched alkanes of at least 4 members (excludes halogenated alkanes) is 5. The highest BCUT2D eigenvalue weighted by Crippen LogP contribution is 2.05. The first kappa shape index (κ1) is 12.0. The van der Waals surface area contributed by atoms with Crippen LogP contribution < -0.4 is 0 Å². The van der Waals surface area contributed by atoms with Crippen LogP contribution in [0.1, 0.15) is 51.9 Å². The number of alkyl halides is 1. The number of rotatable bonds is 8. The highest BCUT2D eigenvalue weighted by atomic mass is 35.5. The van der Waals surface area contributed by atoms with E-state index in [0.29, 0.717) is 0 Å². The lowest BCUT2D eigenvalue weighted by Gasteiger charge is -1.95. The molecule has 0 saturated heterocycles. The fourth-order valence-electron chi connectivity index (χ4n) is 1.16.